The van der Waals surface area contributed by atoms with Gasteiger partial charge in [-0.05, 0) is 29.2 Å². The lowest BCUT2D eigenvalue weighted by Crippen LogP contribution is -2.18. The number of hydrogen-bond donors (Lipinski definition) is 2. The number of nitrogens with one attached hydrogen (secondary N) is 2. The first kappa shape index (κ1) is 25.4. The summed E-state index contributed by atoms with van der Waals surface area (Å²) >= 11 is 0. The number of H-pyrrole nitrogens is 1. The third-order valence-corrected chi connectivity index (χ3v) is 6.69. The van der Waals surface area contributed by atoms with Gasteiger partial charge in [0.25, 0.3) is 5.91 Å². The fraction of sp³-hybridized carbons (Fsp3) is 0.214. The van der Waals surface area contributed by atoms with Crippen LogP contribution in [0.5, 0.6) is 5.75 Å². The number of amides is 1. The smallest absolute Gasteiger partial charge is 0.406 e. The van der Waals surface area contributed by atoms with Crippen molar-refractivity contribution in [1.82, 2.24) is 24.8 Å². The van der Waals surface area contributed by atoms with Crippen molar-refractivity contribution >= 4 is 23.1 Å². The van der Waals surface area contributed by atoms with Crippen molar-refractivity contribution in [1.29, 1.82) is 0 Å². The average molecular weight is 548 g/mol. The molecule has 0 unspecified atom stereocenters. The van der Waals surface area contributed by atoms with Crippen LogP contribution in [0.3, 0.4) is 0 Å². The molecule has 2 aromatic carbocycles. The monoisotopic (exact) mass is 547 g/mol. The Bertz CT molecular complexity index is 1690. The highest BCUT2D eigenvalue weighted by molar-refractivity contribution is 6.05. The Morgan fingerprint density at radius 3 is 2.48 bits per heavy atom. The molecule has 4 heterocycles. The van der Waals surface area contributed by atoms with E-state index < -0.39 is 18.0 Å². The van der Waals surface area contributed by atoms with Crippen molar-refractivity contribution in [3.63, 3.8) is 0 Å². The molecular formula is C28H24F3N7O2. The van der Waals surface area contributed by atoms with E-state index in [1.54, 1.807) is 16.9 Å². The Morgan fingerprint density at radius 2 is 1.82 bits per heavy atom. The number of rotatable bonds is 6. The van der Waals surface area contributed by atoms with Gasteiger partial charge in [-0.2, -0.15) is 10.2 Å². The molecule has 204 valence electrons. The van der Waals surface area contributed by atoms with E-state index in [-0.39, 0.29) is 17.3 Å². The van der Waals surface area contributed by atoms with Gasteiger partial charge in [-0.15, -0.1) is 13.2 Å². The number of ether oxygens (including phenoxy) is 1. The molecule has 1 aliphatic heterocycles. The van der Waals surface area contributed by atoms with Crippen LogP contribution in [0.2, 0.25) is 0 Å². The van der Waals surface area contributed by atoms with Gasteiger partial charge in [-0.3, -0.25) is 9.89 Å². The summed E-state index contributed by atoms with van der Waals surface area (Å²) in [6.07, 6.45) is -1.45. The van der Waals surface area contributed by atoms with Gasteiger partial charge in [0.1, 0.15) is 11.6 Å². The fourth-order valence-corrected chi connectivity index (χ4v) is 4.94. The van der Waals surface area contributed by atoms with Crippen LogP contribution in [0.25, 0.3) is 16.9 Å². The van der Waals surface area contributed by atoms with Gasteiger partial charge in [0.05, 0.1) is 11.9 Å². The van der Waals surface area contributed by atoms with Gasteiger partial charge in [-0.25, -0.2) is 9.50 Å². The molecule has 40 heavy (non-hydrogen) atoms. The quantitative estimate of drug-likeness (QED) is 0.274. The minimum atomic E-state index is -4.85. The minimum absolute atomic E-state index is 0.122. The molecule has 0 saturated carbocycles. The maximum atomic E-state index is 13.5. The molecule has 0 fully saturated rings. The normalized spacial score (nSPS) is 13.2. The molecule has 0 saturated heterocycles. The lowest BCUT2D eigenvalue weighted by Gasteiger charge is -2.18. The molecule has 0 atom stereocenters. The van der Waals surface area contributed by atoms with Gasteiger partial charge in [0.15, 0.2) is 11.3 Å². The number of fused-ring (bicyclic) bond motifs is 2. The maximum Gasteiger partial charge on any atom is 0.573 e. The van der Waals surface area contributed by atoms with E-state index in [0.717, 1.165) is 23.5 Å². The average Bonchev–Trinajstić information content (AvgIpc) is 3.65. The van der Waals surface area contributed by atoms with Gasteiger partial charge in [-0.1, -0.05) is 44.2 Å². The lowest BCUT2D eigenvalue weighted by molar-refractivity contribution is -0.274. The highest BCUT2D eigenvalue weighted by Gasteiger charge is 2.31. The summed E-state index contributed by atoms with van der Waals surface area (Å²) in [6, 6.07) is 15.2. The van der Waals surface area contributed by atoms with E-state index in [0.29, 0.717) is 30.0 Å². The summed E-state index contributed by atoms with van der Waals surface area (Å²) in [4.78, 5) is 20.6. The number of hydrogen-bond acceptors (Lipinski definition) is 6. The zero-order valence-electron chi connectivity index (χ0n) is 21.5. The summed E-state index contributed by atoms with van der Waals surface area (Å²) < 4.78 is 43.7. The molecule has 0 radical (unpaired) electrons. The molecule has 1 amide bonds. The number of carbonyl (C=O) groups excluding carboxylic acids is 1. The third kappa shape index (κ3) is 4.83. The highest BCUT2D eigenvalue weighted by Crippen LogP contribution is 2.34. The van der Waals surface area contributed by atoms with Crippen molar-refractivity contribution in [3.05, 3.63) is 89.4 Å². The lowest BCUT2D eigenvalue weighted by atomic mass is 10.0. The molecule has 1 aliphatic rings. The summed E-state index contributed by atoms with van der Waals surface area (Å²) in [7, 11) is 0. The van der Waals surface area contributed by atoms with Gasteiger partial charge in [0, 0.05) is 48.2 Å². The van der Waals surface area contributed by atoms with Crippen LogP contribution in [0, 0.1) is 0 Å². The Balaban J connectivity index is 1.42. The van der Waals surface area contributed by atoms with Crippen LogP contribution in [0.15, 0.2) is 67.0 Å². The zero-order chi connectivity index (χ0) is 28.0. The summed E-state index contributed by atoms with van der Waals surface area (Å²) in [5, 5.41) is 14.2. The van der Waals surface area contributed by atoms with Gasteiger partial charge in [0.2, 0.25) is 0 Å². The van der Waals surface area contributed by atoms with Gasteiger partial charge < -0.3 is 15.0 Å². The molecule has 2 N–H and O–H groups in total. The molecule has 9 nitrogen and oxygen atoms in total. The number of benzene rings is 2. The van der Waals surface area contributed by atoms with Crippen LogP contribution < -0.4 is 15.0 Å². The van der Waals surface area contributed by atoms with Crippen molar-refractivity contribution in [2.24, 2.45) is 0 Å². The van der Waals surface area contributed by atoms with E-state index in [4.69, 9.17) is 4.98 Å². The van der Waals surface area contributed by atoms with Crippen LogP contribution in [0.1, 0.15) is 46.9 Å². The largest absolute Gasteiger partial charge is 0.573 e. The Kier molecular flexibility index (Phi) is 6.16. The predicted octanol–water partition coefficient (Wildman–Crippen LogP) is 5.91. The topological polar surface area (TPSA) is 100 Å². The summed E-state index contributed by atoms with van der Waals surface area (Å²) in [5.41, 5.74) is 5.28. The fourth-order valence-electron chi connectivity index (χ4n) is 4.94. The predicted molar refractivity (Wildman–Crippen MR) is 142 cm³/mol. The first-order valence-electron chi connectivity index (χ1n) is 12.6. The summed E-state index contributed by atoms with van der Waals surface area (Å²) in [6.45, 7) is 5.25. The van der Waals surface area contributed by atoms with Gasteiger partial charge >= 0.3 is 6.36 Å². The van der Waals surface area contributed by atoms with E-state index >= 15 is 0 Å². The Hall–Kier alpha value is -4.87. The number of alkyl halides is 3. The molecule has 3 aromatic heterocycles. The molecule has 6 rings (SSSR count). The van der Waals surface area contributed by atoms with Crippen molar-refractivity contribution in [2.75, 3.05) is 10.2 Å². The molecule has 0 spiro atoms. The molecule has 0 aliphatic carbocycles. The number of carbonyl (C=O) groups is 1. The molecular weight excluding hydrogens is 523 g/mol. The third-order valence-electron chi connectivity index (χ3n) is 6.69. The highest BCUT2D eigenvalue weighted by atomic mass is 19.4. The zero-order valence-corrected chi connectivity index (χ0v) is 21.5. The molecule has 12 heteroatoms. The molecule has 0 bridgehead atoms. The van der Waals surface area contributed by atoms with E-state index in [1.165, 1.54) is 23.3 Å². The number of anilines is 2. The first-order valence-corrected chi connectivity index (χ1v) is 12.6. The SMILES string of the molecule is CC(C)c1c(C(=O)Nc2cccc(OC(F)(F)F)c2)nn2c(-c3cn[nH]c3)cc(N3Cc4ccccc4C3)nc12. The Labute approximate surface area is 226 Å². The van der Waals surface area contributed by atoms with E-state index in [2.05, 4.69) is 42.4 Å². The summed E-state index contributed by atoms with van der Waals surface area (Å²) in [5.74, 6) is -0.435. The van der Waals surface area contributed by atoms with Crippen LogP contribution in [-0.2, 0) is 13.1 Å². The standard InChI is InChI=1S/C28H24F3N7O2/c1-16(2)24-25(27(39)34-20-8-5-9-21(10-20)40-28(29,30)31)36-38-22(19-12-32-33-13-19)11-23(35-26(24)38)37-14-17-6-3-4-7-18(17)15-37/h3-13,16H,14-15H2,1-2H3,(H,32,33)(H,34,39). The number of aromatic amines is 1. The Morgan fingerprint density at radius 1 is 1.07 bits per heavy atom. The second-order valence-electron chi connectivity index (χ2n) is 9.79. The van der Waals surface area contributed by atoms with Crippen LogP contribution in [0.4, 0.5) is 24.7 Å². The number of halogens is 3. The maximum absolute atomic E-state index is 13.5. The second-order valence-corrected chi connectivity index (χ2v) is 9.79. The van der Waals surface area contributed by atoms with E-state index in [1.807, 2.05) is 32.0 Å². The first-order chi connectivity index (χ1) is 19.2. The van der Waals surface area contributed by atoms with Crippen LogP contribution in [-0.4, -0.2) is 37.1 Å². The second kappa shape index (κ2) is 9.70. The number of aromatic nitrogens is 5. The van der Waals surface area contributed by atoms with Crippen molar-refractivity contribution < 1.29 is 22.7 Å². The molecule has 5 aromatic rings. The van der Waals surface area contributed by atoms with E-state index in [9.17, 15) is 18.0 Å². The minimum Gasteiger partial charge on any atom is -0.406 e. The van der Waals surface area contributed by atoms with Crippen molar-refractivity contribution in [3.8, 4) is 17.0 Å². The number of nitrogens with zero attached hydrogens (tertiary/aromatic N) is 5. The van der Waals surface area contributed by atoms with Crippen LogP contribution >= 0.6 is 0 Å². The van der Waals surface area contributed by atoms with Crippen molar-refractivity contribution in [2.45, 2.75) is 39.2 Å².